The van der Waals surface area contributed by atoms with E-state index in [-0.39, 0.29) is 11.2 Å². The van der Waals surface area contributed by atoms with Crippen LogP contribution in [0.2, 0.25) is 0 Å². The summed E-state index contributed by atoms with van der Waals surface area (Å²) < 4.78 is 1.19. The van der Waals surface area contributed by atoms with Crippen molar-refractivity contribution in [2.45, 2.75) is 0 Å². The van der Waals surface area contributed by atoms with E-state index in [9.17, 15) is 4.79 Å². The Labute approximate surface area is 51.3 Å². The van der Waals surface area contributed by atoms with Crippen LogP contribution in [0.25, 0.3) is 0 Å². The van der Waals surface area contributed by atoms with Gasteiger partial charge in [-0.25, -0.2) is 4.79 Å². The second-order valence-corrected chi connectivity index (χ2v) is 1.60. The molecule has 0 saturated heterocycles. The monoisotopic (exact) mass is 123 g/mol. The maximum Gasteiger partial charge on any atom is 0.334 e. The van der Waals surface area contributed by atoms with Gasteiger partial charge in [0.05, 0.1) is 0 Å². The van der Waals surface area contributed by atoms with Gasteiger partial charge in [-0.3, -0.25) is 15.0 Å². The van der Waals surface area contributed by atoms with Crippen molar-refractivity contribution in [3.8, 4) is 0 Å². The Morgan fingerprint density at radius 1 is 1.78 bits per heavy atom. The van der Waals surface area contributed by atoms with Crippen LogP contribution in [0.3, 0.4) is 0 Å². The van der Waals surface area contributed by atoms with Crippen molar-refractivity contribution in [2.75, 3.05) is 0 Å². The number of hydrogen-bond acceptors (Lipinski definition) is 2. The Bertz CT molecular complexity index is 308. The Morgan fingerprint density at radius 2 is 2.44 bits per heavy atom. The van der Waals surface area contributed by atoms with Gasteiger partial charge < -0.3 is 0 Å². The fourth-order valence-electron chi connectivity index (χ4n) is 0.413. The lowest BCUT2D eigenvalue weighted by molar-refractivity contribution is 0.795. The van der Waals surface area contributed by atoms with Crippen LogP contribution in [0.5, 0.6) is 0 Å². The number of aromatic amines is 1. The summed E-state index contributed by atoms with van der Waals surface area (Å²) in [6, 6.07) is 2.39. The quantitative estimate of drug-likeness (QED) is 0.447. The fourth-order valence-corrected chi connectivity index (χ4v) is 0.413. The lowest BCUT2D eigenvalue weighted by Gasteiger charge is -1.84. The average Bonchev–Trinajstić information content (AvgIpc) is 1.80. The van der Waals surface area contributed by atoms with Crippen molar-refractivity contribution in [3.05, 3.63) is 28.2 Å². The maximum atomic E-state index is 10.6. The molecule has 1 heterocycles. The lowest BCUT2D eigenvalue weighted by atomic mass is 10.7. The van der Waals surface area contributed by atoms with Gasteiger partial charge in [0.1, 0.15) is 0 Å². The van der Waals surface area contributed by atoms with Crippen LogP contribution in [0.15, 0.2) is 4.79 Å². The molecule has 1 aromatic heterocycles. The minimum atomic E-state index is -0.348. The molecule has 9 heavy (non-hydrogen) atoms. The van der Waals surface area contributed by atoms with Gasteiger partial charge in [-0.2, -0.15) is 0 Å². The molecule has 1 aromatic rings. The number of H-pyrrole nitrogens is 1. The maximum absolute atomic E-state index is 10.6. The molecule has 0 saturated carbocycles. The van der Waals surface area contributed by atoms with Crippen LogP contribution in [0, 0.1) is 17.7 Å². The van der Waals surface area contributed by atoms with E-state index in [1.165, 1.54) is 11.6 Å². The third-order valence-corrected chi connectivity index (χ3v) is 0.885. The van der Waals surface area contributed by atoms with Gasteiger partial charge in [0.15, 0.2) is 5.49 Å². The molecular weight excluding hydrogens is 118 g/mol. The Morgan fingerprint density at radius 3 is 2.89 bits per heavy atom. The summed E-state index contributed by atoms with van der Waals surface area (Å²) in [5.41, 5.74) is -0.392. The van der Waals surface area contributed by atoms with Gasteiger partial charge in [0.25, 0.3) is 0 Å². The van der Waals surface area contributed by atoms with Crippen LogP contribution in [0.1, 0.15) is 0 Å². The van der Waals surface area contributed by atoms with E-state index in [2.05, 4.69) is 17.2 Å². The van der Waals surface area contributed by atoms with Crippen molar-refractivity contribution in [3.63, 3.8) is 0 Å². The van der Waals surface area contributed by atoms with Gasteiger partial charge in [-0.15, -0.1) is 0 Å². The summed E-state index contributed by atoms with van der Waals surface area (Å²) in [6.07, 6.45) is 2.43. The van der Waals surface area contributed by atoms with Crippen LogP contribution < -0.4 is 11.2 Å². The molecule has 0 unspecified atom stereocenters. The van der Waals surface area contributed by atoms with Crippen LogP contribution in [-0.2, 0) is 7.05 Å². The van der Waals surface area contributed by atoms with E-state index in [0.29, 0.717) is 0 Å². The zero-order chi connectivity index (χ0) is 6.85. The molecule has 1 rings (SSSR count). The van der Waals surface area contributed by atoms with Crippen LogP contribution in [0.4, 0.5) is 0 Å². The smallest absolute Gasteiger partial charge is 0.285 e. The molecule has 0 bridgehead atoms. The molecule has 2 N–H and O–H groups in total. The summed E-state index contributed by atoms with van der Waals surface area (Å²) in [7, 11) is 1.54. The molecule has 0 fully saturated rings. The summed E-state index contributed by atoms with van der Waals surface area (Å²) >= 11 is 0. The molecular formula is C5H5N3O. The standard InChI is InChI=1S/C5H5N3O/c1-8-3-2-4(6)7-5(8)9/h1H3,(H2,6,7,9). The summed E-state index contributed by atoms with van der Waals surface area (Å²) in [6.45, 7) is 0. The highest BCUT2D eigenvalue weighted by Gasteiger charge is 1.81. The van der Waals surface area contributed by atoms with Crippen molar-refractivity contribution in [1.82, 2.24) is 9.55 Å². The first-order chi connectivity index (χ1) is 4.20. The van der Waals surface area contributed by atoms with E-state index in [1.807, 2.05) is 0 Å². The second kappa shape index (κ2) is 1.78. The van der Waals surface area contributed by atoms with Crippen LogP contribution in [-0.4, -0.2) is 9.55 Å². The first-order valence-corrected chi connectivity index (χ1v) is 2.35. The van der Waals surface area contributed by atoms with Gasteiger partial charge in [-0.1, -0.05) is 0 Å². The topological polar surface area (TPSA) is 61.6 Å². The van der Waals surface area contributed by atoms with E-state index in [1.54, 1.807) is 0 Å². The Kier molecular flexibility index (Phi) is 1.12. The zero-order valence-electron chi connectivity index (χ0n) is 4.86. The van der Waals surface area contributed by atoms with Crippen molar-refractivity contribution in [1.29, 1.82) is 5.41 Å². The highest BCUT2D eigenvalue weighted by molar-refractivity contribution is 4.63. The van der Waals surface area contributed by atoms with Crippen molar-refractivity contribution in [2.24, 2.45) is 7.05 Å². The molecule has 0 atom stereocenters. The van der Waals surface area contributed by atoms with Crippen molar-refractivity contribution < 1.29 is 0 Å². The molecule has 0 aliphatic heterocycles. The first kappa shape index (κ1) is 5.63. The van der Waals surface area contributed by atoms with E-state index in [0.717, 1.165) is 0 Å². The third-order valence-electron chi connectivity index (χ3n) is 0.885. The summed E-state index contributed by atoms with van der Waals surface area (Å²) in [4.78, 5) is 12.8. The summed E-state index contributed by atoms with van der Waals surface area (Å²) in [5, 5.41) is 6.88. The second-order valence-electron chi connectivity index (χ2n) is 1.60. The highest BCUT2D eigenvalue weighted by Crippen LogP contribution is 1.49. The zero-order valence-corrected chi connectivity index (χ0v) is 4.86. The Balaban J connectivity index is 3.52. The molecule has 0 amide bonds. The molecule has 0 aromatic carbocycles. The number of nitrogens with zero attached hydrogens (tertiary/aromatic N) is 1. The van der Waals surface area contributed by atoms with E-state index < -0.39 is 0 Å². The molecule has 4 heteroatoms. The molecule has 46 valence electrons. The first-order valence-electron chi connectivity index (χ1n) is 2.35. The minimum Gasteiger partial charge on any atom is -0.285 e. The van der Waals surface area contributed by atoms with Gasteiger partial charge in [-0.05, 0) is 6.07 Å². The largest absolute Gasteiger partial charge is 0.334 e. The number of rotatable bonds is 0. The van der Waals surface area contributed by atoms with Crippen LogP contribution >= 0.6 is 0 Å². The van der Waals surface area contributed by atoms with Gasteiger partial charge in [0, 0.05) is 13.2 Å². The van der Waals surface area contributed by atoms with E-state index >= 15 is 0 Å². The average molecular weight is 123 g/mol. The normalized spacial score (nSPS) is 8.56. The molecule has 4 nitrogen and oxygen atoms in total. The molecule has 0 aliphatic carbocycles. The van der Waals surface area contributed by atoms with Gasteiger partial charge in [0.2, 0.25) is 0 Å². The fraction of sp³-hybridized carbons (Fsp3) is 0.200. The molecule has 0 aliphatic rings. The van der Waals surface area contributed by atoms with Gasteiger partial charge >= 0.3 is 5.69 Å². The highest BCUT2D eigenvalue weighted by atomic mass is 16.1. The van der Waals surface area contributed by atoms with E-state index in [4.69, 9.17) is 5.41 Å². The SMILES string of the molecule is Cn1c#cc(=N)[nH]c1=O. The predicted octanol–water partition coefficient (Wildman–Crippen LogP) is -1.21. The molecule has 0 radical (unpaired) electrons. The number of nitrogens with one attached hydrogen (secondary N) is 2. The predicted molar refractivity (Wildman–Crippen MR) is 29.6 cm³/mol. The number of hydrogen-bond donors (Lipinski definition) is 2. The van der Waals surface area contributed by atoms with Crippen molar-refractivity contribution >= 4 is 0 Å². The summed E-state index contributed by atoms with van der Waals surface area (Å²) in [5.74, 6) is 0. The third kappa shape index (κ3) is 0.995. The molecule has 0 spiro atoms. The minimum absolute atomic E-state index is 0.0434. The number of aromatic nitrogens is 2. The Hall–Kier alpha value is -1.50. The lowest BCUT2D eigenvalue weighted by Crippen LogP contribution is -2.24.